The number of aliphatic carboxylic acids is 1. The number of carbonyl (C=O) groups excluding carboxylic acids is 3. The van der Waals surface area contributed by atoms with E-state index >= 15 is 0 Å². The molecule has 9 heteroatoms. The average molecular weight is 344 g/mol. The molecule has 0 aromatic rings. The highest BCUT2D eigenvalue weighted by Gasteiger charge is 2.32. The van der Waals surface area contributed by atoms with Crippen molar-refractivity contribution in [2.24, 2.45) is 0 Å². The summed E-state index contributed by atoms with van der Waals surface area (Å²) in [5.74, 6) is -2.82. The molecule has 0 spiro atoms. The van der Waals surface area contributed by atoms with Gasteiger partial charge in [0.1, 0.15) is 18.8 Å². The highest BCUT2D eigenvalue weighted by molar-refractivity contribution is 5.87. The number of carboxylic acid groups (broad SMARTS) is 1. The van der Waals surface area contributed by atoms with Crippen molar-refractivity contribution in [1.82, 2.24) is 10.2 Å². The number of rotatable bonds is 8. The van der Waals surface area contributed by atoms with Crippen molar-refractivity contribution < 1.29 is 33.8 Å². The van der Waals surface area contributed by atoms with Gasteiger partial charge in [0.05, 0.1) is 6.04 Å². The summed E-state index contributed by atoms with van der Waals surface area (Å²) in [6.45, 7) is 2.87. The lowest BCUT2D eigenvalue weighted by Crippen LogP contribution is -2.50. The van der Waals surface area contributed by atoms with Gasteiger partial charge >= 0.3 is 17.9 Å². The van der Waals surface area contributed by atoms with Crippen LogP contribution >= 0.6 is 0 Å². The zero-order valence-electron chi connectivity index (χ0n) is 14.1. The van der Waals surface area contributed by atoms with E-state index in [0.717, 1.165) is 13.0 Å². The summed E-state index contributed by atoms with van der Waals surface area (Å²) in [4.78, 5) is 47.5. The third kappa shape index (κ3) is 6.53. The first-order chi connectivity index (χ1) is 11.2. The molecule has 1 amide bonds. The Kier molecular flexibility index (Phi) is 7.63. The molecule has 0 aliphatic carbocycles. The maximum absolute atomic E-state index is 12.2. The van der Waals surface area contributed by atoms with E-state index in [9.17, 15) is 24.3 Å². The molecule has 1 rings (SSSR count). The second kappa shape index (κ2) is 9.21. The number of hydrogen-bond donors (Lipinski definition) is 2. The standard InChI is InChI=1S/C15H24N2O7/c1-9(18)23-8-11(24-10(2)19)7-12(15(21)22)16-14(20)13-5-4-6-17(13)3/h11-13H,4-8H2,1-3H3,(H,16,20)(H,21,22). The summed E-state index contributed by atoms with van der Waals surface area (Å²) in [6, 6.07) is -1.61. The number of likely N-dealkylation sites (tertiary alicyclic amines) is 1. The van der Waals surface area contributed by atoms with Gasteiger partial charge in [-0.3, -0.25) is 19.3 Å². The molecular formula is C15H24N2O7. The number of ether oxygens (including phenoxy) is 2. The van der Waals surface area contributed by atoms with Gasteiger partial charge in [-0.15, -0.1) is 0 Å². The summed E-state index contributed by atoms with van der Waals surface area (Å²) in [5, 5.41) is 11.8. The quantitative estimate of drug-likeness (QED) is 0.567. The van der Waals surface area contributed by atoms with E-state index in [2.05, 4.69) is 5.32 Å². The van der Waals surface area contributed by atoms with Crippen LogP contribution in [-0.2, 0) is 28.7 Å². The second-order valence-electron chi connectivity index (χ2n) is 5.81. The number of amides is 1. The van der Waals surface area contributed by atoms with Crippen molar-refractivity contribution in [3.63, 3.8) is 0 Å². The van der Waals surface area contributed by atoms with Crippen LogP contribution in [-0.4, -0.2) is 72.2 Å². The fourth-order valence-corrected chi connectivity index (χ4v) is 2.59. The van der Waals surface area contributed by atoms with Gasteiger partial charge in [-0.1, -0.05) is 0 Å². The first-order valence-corrected chi connectivity index (χ1v) is 7.74. The minimum absolute atomic E-state index is 0.190. The number of carboxylic acids is 1. The van der Waals surface area contributed by atoms with Crippen LogP contribution in [0.3, 0.4) is 0 Å². The number of hydrogen-bond acceptors (Lipinski definition) is 7. The van der Waals surface area contributed by atoms with E-state index in [1.165, 1.54) is 13.8 Å². The van der Waals surface area contributed by atoms with Gasteiger partial charge < -0.3 is 19.9 Å². The molecule has 1 aliphatic heterocycles. The molecule has 1 heterocycles. The van der Waals surface area contributed by atoms with Crippen LogP contribution in [0, 0.1) is 0 Å². The first-order valence-electron chi connectivity index (χ1n) is 7.74. The molecule has 0 bridgehead atoms. The summed E-state index contributed by atoms with van der Waals surface area (Å²) < 4.78 is 9.75. The van der Waals surface area contributed by atoms with E-state index in [4.69, 9.17) is 9.47 Å². The van der Waals surface area contributed by atoms with E-state index < -0.39 is 30.1 Å². The SMILES string of the molecule is CC(=O)OCC(CC(NC(=O)C1CCCN1C)C(=O)O)OC(C)=O. The molecule has 3 atom stereocenters. The minimum Gasteiger partial charge on any atom is -0.480 e. The Bertz CT molecular complexity index is 494. The average Bonchev–Trinajstić information content (AvgIpc) is 2.89. The van der Waals surface area contributed by atoms with Crippen molar-refractivity contribution in [3.05, 3.63) is 0 Å². The number of nitrogens with zero attached hydrogens (tertiary/aromatic N) is 1. The second-order valence-corrected chi connectivity index (χ2v) is 5.81. The van der Waals surface area contributed by atoms with Crippen molar-refractivity contribution in [3.8, 4) is 0 Å². The molecule has 0 radical (unpaired) electrons. The lowest BCUT2D eigenvalue weighted by Gasteiger charge is -2.24. The summed E-state index contributed by atoms with van der Waals surface area (Å²) >= 11 is 0. The van der Waals surface area contributed by atoms with Crippen molar-refractivity contribution in [1.29, 1.82) is 0 Å². The molecule has 0 saturated carbocycles. The molecule has 1 aliphatic rings. The Hall–Kier alpha value is -2.16. The predicted molar refractivity (Wildman–Crippen MR) is 82.0 cm³/mol. The Balaban J connectivity index is 2.69. The molecule has 0 aromatic heterocycles. The third-order valence-electron chi connectivity index (χ3n) is 3.74. The predicted octanol–water partition coefficient (Wildman–Crippen LogP) is -0.465. The number of nitrogens with one attached hydrogen (secondary N) is 1. The maximum atomic E-state index is 12.2. The van der Waals surface area contributed by atoms with E-state index in [-0.39, 0.29) is 25.0 Å². The van der Waals surface area contributed by atoms with Crippen LogP contribution in [0.2, 0.25) is 0 Å². The van der Waals surface area contributed by atoms with Gasteiger partial charge in [-0.05, 0) is 26.4 Å². The van der Waals surface area contributed by atoms with Gasteiger partial charge in [0.2, 0.25) is 5.91 Å². The van der Waals surface area contributed by atoms with Crippen LogP contribution in [0.1, 0.15) is 33.1 Å². The zero-order chi connectivity index (χ0) is 18.3. The normalized spacial score (nSPS) is 20.0. The van der Waals surface area contributed by atoms with Crippen LogP contribution in [0.15, 0.2) is 0 Å². The molecule has 136 valence electrons. The Morgan fingerprint density at radius 2 is 1.92 bits per heavy atom. The van der Waals surface area contributed by atoms with Crippen molar-refractivity contribution in [2.75, 3.05) is 20.2 Å². The van der Waals surface area contributed by atoms with Gasteiger partial charge in [-0.25, -0.2) is 4.79 Å². The van der Waals surface area contributed by atoms with E-state index in [1.807, 2.05) is 4.90 Å². The largest absolute Gasteiger partial charge is 0.480 e. The van der Waals surface area contributed by atoms with Gasteiger partial charge in [0.15, 0.2) is 0 Å². The van der Waals surface area contributed by atoms with Gasteiger partial charge in [0.25, 0.3) is 0 Å². The third-order valence-corrected chi connectivity index (χ3v) is 3.74. The number of esters is 2. The topological polar surface area (TPSA) is 122 Å². The Morgan fingerprint density at radius 1 is 1.25 bits per heavy atom. The monoisotopic (exact) mass is 344 g/mol. The summed E-state index contributed by atoms with van der Waals surface area (Å²) in [7, 11) is 1.80. The minimum atomic E-state index is -1.25. The smallest absolute Gasteiger partial charge is 0.326 e. The fourth-order valence-electron chi connectivity index (χ4n) is 2.59. The molecule has 24 heavy (non-hydrogen) atoms. The Morgan fingerprint density at radius 3 is 2.38 bits per heavy atom. The molecule has 1 saturated heterocycles. The lowest BCUT2D eigenvalue weighted by atomic mass is 10.1. The molecule has 1 fully saturated rings. The lowest BCUT2D eigenvalue weighted by molar-refractivity contribution is -0.158. The molecule has 9 nitrogen and oxygen atoms in total. The van der Waals surface area contributed by atoms with E-state index in [0.29, 0.717) is 6.42 Å². The van der Waals surface area contributed by atoms with E-state index in [1.54, 1.807) is 7.05 Å². The fraction of sp³-hybridized carbons (Fsp3) is 0.733. The molecular weight excluding hydrogens is 320 g/mol. The summed E-state index contributed by atoms with van der Waals surface area (Å²) in [5.41, 5.74) is 0. The molecule has 3 unspecified atom stereocenters. The highest BCUT2D eigenvalue weighted by atomic mass is 16.6. The van der Waals surface area contributed by atoms with Crippen LogP contribution < -0.4 is 5.32 Å². The maximum Gasteiger partial charge on any atom is 0.326 e. The summed E-state index contributed by atoms with van der Waals surface area (Å²) in [6.07, 6.45) is 0.392. The number of carbonyl (C=O) groups is 4. The molecule has 2 N–H and O–H groups in total. The van der Waals surface area contributed by atoms with Crippen LogP contribution in [0.4, 0.5) is 0 Å². The van der Waals surface area contributed by atoms with Crippen LogP contribution in [0.25, 0.3) is 0 Å². The highest BCUT2D eigenvalue weighted by Crippen LogP contribution is 2.15. The molecule has 0 aromatic carbocycles. The first kappa shape index (κ1) is 19.9. The van der Waals surface area contributed by atoms with Crippen molar-refractivity contribution in [2.45, 2.75) is 51.3 Å². The van der Waals surface area contributed by atoms with Gasteiger partial charge in [0, 0.05) is 20.3 Å². The number of likely N-dealkylation sites (N-methyl/N-ethyl adjacent to an activating group) is 1. The Labute approximate surface area is 140 Å². The van der Waals surface area contributed by atoms with Gasteiger partial charge in [-0.2, -0.15) is 0 Å². The van der Waals surface area contributed by atoms with Crippen molar-refractivity contribution >= 4 is 23.8 Å². The van der Waals surface area contributed by atoms with Crippen LogP contribution in [0.5, 0.6) is 0 Å². The zero-order valence-corrected chi connectivity index (χ0v) is 14.1.